The van der Waals surface area contributed by atoms with Crippen LogP contribution in [-0.4, -0.2) is 4.98 Å². The highest BCUT2D eigenvalue weighted by Crippen LogP contribution is 2.27. The fourth-order valence-electron chi connectivity index (χ4n) is 2.72. The standard InChI is InChI=1S/C21H19F2N/c1-2-3-4-15-5-11-19(20(22)13-15)17-8-6-16(7-9-17)18-10-12-21(23)24-14-18/h5-14H,2-4H2,1H3. The number of aromatic nitrogens is 1. The van der Waals surface area contributed by atoms with E-state index in [9.17, 15) is 8.78 Å². The molecule has 0 atom stereocenters. The van der Waals surface area contributed by atoms with Gasteiger partial charge in [0.05, 0.1) is 0 Å². The number of benzene rings is 2. The van der Waals surface area contributed by atoms with Crippen LogP contribution in [0.25, 0.3) is 22.3 Å². The Morgan fingerprint density at radius 2 is 1.54 bits per heavy atom. The molecule has 3 rings (SSSR count). The quantitative estimate of drug-likeness (QED) is 0.522. The zero-order valence-electron chi connectivity index (χ0n) is 13.6. The largest absolute Gasteiger partial charge is 0.228 e. The number of hydrogen-bond acceptors (Lipinski definition) is 1. The molecule has 1 aromatic heterocycles. The van der Waals surface area contributed by atoms with Crippen molar-refractivity contribution in [1.29, 1.82) is 0 Å². The summed E-state index contributed by atoms with van der Waals surface area (Å²) in [7, 11) is 0. The van der Waals surface area contributed by atoms with Gasteiger partial charge < -0.3 is 0 Å². The second kappa shape index (κ2) is 7.35. The summed E-state index contributed by atoms with van der Waals surface area (Å²) in [5.74, 6) is -0.694. The predicted molar refractivity (Wildman–Crippen MR) is 93.6 cm³/mol. The molecule has 2 aromatic carbocycles. The molecule has 0 radical (unpaired) electrons. The van der Waals surface area contributed by atoms with Crippen molar-refractivity contribution in [1.82, 2.24) is 4.98 Å². The third-order valence-electron chi connectivity index (χ3n) is 4.11. The second-order valence-electron chi connectivity index (χ2n) is 5.86. The van der Waals surface area contributed by atoms with Gasteiger partial charge in [0.25, 0.3) is 0 Å². The van der Waals surface area contributed by atoms with E-state index in [1.165, 1.54) is 12.3 Å². The Morgan fingerprint density at radius 1 is 0.833 bits per heavy atom. The van der Waals surface area contributed by atoms with Crippen LogP contribution in [0.2, 0.25) is 0 Å². The summed E-state index contributed by atoms with van der Waals surface area (Å²) in [5.41, 5.74) is 4.21. The van der Waals surface area contributed by atoms with E-state index in [0.29, 0.717) is 5.56 Å². The Morgan fingerprint density at radius 3 is 2.17 bits per heavy atom. The zero-order chi connectivity index (χ0) is 16.9. The van der Waals surface area contributed by atoms with Crippen LogP contribution in [0.1, 0.15) is 25.3 Å². The molecule has 0 saturated heterocycles. The Hall–Kier alpha value is -2.55. The van der Waals surface area contributed by atoms with Gasteiger partial charge >= 0.3 is 0 Å². The third-order valence-corrected chi connectivity index (χ3v) is 4.11. The van der Waals surface area contributed by atoms with Gasteiger partial charge in [0.1, 0.15) is 5.82 Å². The predicted octanol–water partition coefficient (Wildman–Crippen LogP) is 6.04. The maximum atomic E-state index is 14.4. The van der Waals surface area contributed by atoms with Gasteiger partial charge in [0, 0.05) is 17.3 Å². The van der Waals surface area contributed by atoms with Gasteiger partial charge in [-0.25, -0.2) is 9.37 Å². The van der Waals surface area contributed by atoms with Crippen LogP contribution < -0.4 is 0 Å². The number of nitrogens with zero attached hydrogens (tertiary/aromatic N) is 1. The summed E-state index contributed by atoms with van der Waals surface area (Å²) in [6.07, 6.45) is 4.57. The van der Waals surface area contributed by atoms with Crippen molar-refractivity contribution in [2.45, 2.75) is 26.2 Å². The summed E-state index contributed by atoms with van der Waals surface area (Å²) in [6.45, 7) is 2.13. The molecule has 0 fully saturated rings. The van der Waals surface area contributed by atoms with Crippen molar-refractivity contribution in [2.75, 3.05) is 0 Å². The van der Waals surface area contributed by atoms with Gasteiger partial charge in [-0.1, -0.05) is 49.7 Å². The zero-order valence-corrected chi connectivity index (χ0v) is 13.6. The molecule has 0 aliphatic heterocycles. The first kappa shape index (κ1) is 16.3. The van der Waals surface area contributed by atoms with Crippen molar-refractivity contribution < 1.29 is 8.78 Å². The molecule has 1 heterocycles. The summed E-state index contributed by atoms with van der Waals surface area (Å²) < 4.78 is 27.3. The molecule has 1 nitrogen and oxygen atoms in total. The Kier molecular flexibility index (Phi) is 4.99. The third kappa shape index (κ3) is 3.67. The van der Waals surface area contributed by atoms with Crippen LogP contribution in [-0.2, 0) is 6.42 Å². The van der Waals surface area contributed by atoms with Gasteiger partial charge in [-0.3, -0.25) is 0 Å². The van der Waals surface area contributed by atoms with Gasteiger partial charge in [-0.15, -0.1) is 0 Å². The Labute approximate surface area is 141 Å². The van der Waals surface area contributed by atoms with Crippen molar-refractivity contribution >= 4 is 0 Å². The highest BCUT2D eigenvalue weighted by Gasteiger charge is 2.07. The summed E-state index contributed by atoms with van der Waals surface area (Å²) >= 11 is 0. The van der Waals surface area contributed by atoms with E-state index in [4.69, 9.17) is 0 Å². The molecular formula is C21H19F2N. The molecule has 0 amide bonds. The van der Waals surface area contributed by atoms with Gasteiger partial charge in [-0.05, 0) is 47.7 Å². The first-order valence-electron chi connectivity index (χ1n) is 8.18. The Bertz CT molecular complexity index is 808. The van der Waals surface area contributed by atoms with E-state index in [1.807, 2.05) is 36.4 Å². The highest BCUT2D eigenvalue weighted by atomic mass is 19.1. The average molecular weight is 323 g/mol. The van der Waals surface area contributed by atoms with Crippen molar-refractivity contribution in [3.63, 3.8) is 0 Å². The average Bonchev–Trinajstić information content (AvgIpc) is 2.61. The van der Waals surface area contributed by atoms with Crippen molar-refractivity contribution in [3.8, 4) is 22.3 Å². The fourth-order valence-corrected chi connectivity index (χ4v) is 2.72. The normalized spacial score (nSPS) is 10.8. The minimum atomic E-state index is -0.499. The van der Waals surface area contributed by atoms with Crippen molar-refractivity contribution in [2.24, 2.45) is 0 Å². The smallest absolute Gasteiger partial charge is 0.212 e. The van der Waals surface area contributed by atoms with E-state index in [-0.39, 0.29) is 5.82 Å². The van der Waals surface area contributed by atoms with E-state index in [1.54, 1.807) is 12.1 Å². The van der Waals surface area contributed by atoms with Crippen LogP contribution in [0.15, 0.2) is 60.8 Å². The molecule has 0 spiro atoms. The molecule has 3 heteroatoms. The lowest BCUT2D eigenvalue weighted by Crippen LogP contribution is -1.90. The monoisotopic (exact) mass is 323 g/mol. The van der Waals surface area contributed by atoms with Crippen LogP contribution in [0, 0.1) is 11.8 Å². The molecule has 0 aliphatic carbocycles. The SMILES string of the molecule is CCCCc1ccc(-c2ccc(-c3ccc(F)nc3)cc2)c(F)c1. The number of halogens is 2. The van der Waals surface area contributed by atoms with E-state index in [0.717, 1.165) is 41.5 Å². The second-order valence-corrected chi connectivity index (χ2v) is 5.86. The minimum absolute atomic E-state index is 0.195. The van der Waals surface area contributed by atoms with E-state index < -0.39 is 5.95 Å². The maximum Gasteiger partial charge on any atom is 0.212 e. The topological polar surface area (TPSA) is 12.9 Å². The summed E-state index contributed by atoms with van der Waals surface area (Å²) in [5, 5.41) is 0. The van der Waals surface area contributed by atoms with E-state index in [2.05, 4.69) is 11.9 Å². The number of aryl methyl sites for hydroxylation is 1. The molecular weight excluding hydrogens is 304 g/mol. The molecule has 122 valence electrons. The highest BCUT2D eigenvalue weighted by molar-refractivity contribution is 5.70. The number of rotatable bonds is 5. The molecule has 0 bridgehead atoms. The van der Waals surface area contributed by atoms with E-state index >= 15 is 0 Å². The van der Waals surface area contributed by atoms with Gasteiger partial charge in [0.15, 0.2) is 0 Å². The number of pyridine rings is 1. The molecule has 24 heavy (non-hydrogen) atoms. The first-order chi connectivity index (χ1) is 11.7. The lowest BCUT2D eigenvalue weighted by molar-refractivity contribution is 0.584. The van der Waals surface area contributed by atoms with Crippen LogP contribution in [0.4, 0.5) is 8.78 Å². The maximum absolute atomic E-state index is 14.4. The van der Waals surface area contributed by atoms with Crippen LogP contribution in [0.3, 0.4) is 0 Å². The molecule has 0 aliphatic rings. The number of unbranched alkanes of at least 4 members (excludes halogenated alkanes) is 1. The molecule has 0 unspecified atom stereocenters. The molecule has 0 saturated carbocycles. The first-order valence-corrected chi connectivity index (χ1v) is 8.18. The summed E-state index contributed by atoms with van der Waals surface area (Å²) in [6, 6.07) is 16.0. The molecule has 3 aromatic rings. The number of hydrogen-bond donors (Lipinski definition) is 0. The lowest BCUT2D eigenvalue weighted by atomic mass is 9.98. The fraction of sp³-hybridized carbons (Fsp3) is 0.190. The molecule has 0 N–H and O–H groups in total. The van der Waals surface area contributed by atoms with Crippen LogP contribution in [0.5, 0.6) is 0 Å². The van der Waals surface area contributed by atoms with Crippen molar-refractivity contribution in [3.05, 3.63) is 78.1 Å². The van der Waals surface area contributed by atoms with Crippen LogP contribution >= 0.6 is 0 Å². The van der Waals surface area contributed by atoms with Gasteiger partial charge in [0.2, 0.25) is 5.95 Å². The summed E-state index contributed by atoms with van der Waals surface area (Å²) in [4.78, 5) is 3.66. The lowest BCUT2D eigenvalue weighted by Gasteiger charge is -2.08. The Balaban J connectivity index is 1.84. The minimum Gasteiger partial charge on any atom is -0.228 e. The van der Waals surface area contributed by atoms with Gasteiger partial charge in [-0.2, -0.15) is 4.39 Å².